The van der Waals surface area contributed by atoms with E-state index in [1.165, 1.54) is 54.7 Å². The van der Waals surface area contributed by atoms with Crippen LogP contribution in [0, 0.1) is 13.8 Å². The highest BCUT2D eigenvalue weighted by molar-refractivity contribution is 6.15. The minimum Gasteiger partial charge on any atom is -0.349 e. The Balaban J connectivity index is 2.00. The largest absolute Gasteiger partial charge is 0.349 e. The number of rotatable bonds is 0. The summed E-state index contributed by atoms with van der Waals surface area (Å²) in [5.41, 5.74) is 7.39. The average Bonchev–Trinajstić information content (AvgIpc) is 2.91. The fourth-order valence-electron chi connectivity index (χ4n) is 3.54. The zero-order chi connectivity index (χ0) is 15.6. The summed E-state index contributed by atoms with van der Waals surface area (Å²) in [6.45, 7) is 4.34. The fourth-order valence-corrected chi connectivity index (χ4v) is 3.54. The predicted molar refractivity (Wildman–Crippen MR) is 96.8 cm³/mol. The number of nitrogens with one attached hydrogen (secondary N) is 2. The van der Waals surface area contributed by atoms with Gasteiger partial charge in [0.1, 0.15) is 5.52 Å². The lowest BCUT2D eigenvalue weighted by molar-refractivity contribution is -0.309. The minimum atomic E-state index is 1.17. The molecule has 5 rings (SSSR count). The fraction of sp³-hybridized carbons (Fsp3) is 0.0952. The van der Waals surface area contributed by atoms with Gasteiger partial charge in [-0.3, -0.25) is 0 Å². The average molecular weight is 297 g/mol. The van der Waals surface area contributed by atoms with Crippen LogP contribution in [0.25, 0.3) is 43.6 Å². The molecule has 0 saturated carbocycles. The second-order valence-corrected chi connectivity index (χ2v) is 6.42. The lowest BCUT2D eigenvalue weighted by Gasteiger charge is -1.99. The Hall–Kier alpha value is -2.87. The number of H-pyrrole nitrogens is 2. The standard InChI is InChI=1S/C21H16N2/c1-12-9-17-16-8-7-15-11-14-5-3-4-6-18(14)22-20(15)21(16)23-19(17)10-13(12)2/h3-11,23H,1-2H3/p+1. The molecule has 0 radical (unpaired) electrons. The summed E-state index contributed by atoms with van der Waals surface area (Å²) in [5.74, 6) is 0. The maximum atomic E-state index is 3.62. The Morgan fingerprint density at radius 3 is 2.52 bits per heavy atom. The summed E-state index contributed by atoms with van der Waals surface area (Å²) in [7, 11) is 0. The Kier molecular flexibility index (Phi) is 2.38. The molecule has 5 aromatic rings. The van der Waals surface area contributed by atoms with Crippen LogP contribution in [0.5, 0.6) is 0 Å². The van der Waals surface area contributed by atoms with Gasteiger partial charge in [0.05, 0.1) is 0 Å². The van der Waals surface area contributed by atoms with Crippen LogP contribution in [0.3, 0.4) is 0 Å². The number of aromatic nitrogens is 2. The summed E-state index contributed by atoms with van der Waals surface area (Å²) >= 11 is 0. The summed E-state index contributed by atoms with van der Waals surface area (Å²) in [4.78, 5) is 7.23. The van der Waals surface area contributed by atoms with Gasteiger partial charge in [0, 0.05) is 33.1 Å². The van der Waals surface area contributed by atoms with Crippen molar-refractivity contribution in [2.45, 2.75) is 13.8 Å². The van der Waals surface area contributed by atoms with Gasteiger partial charge in [-0.2, -0.15) is 0 Å². The van der Waals surface area contributed by atoms with Crippen LogP contribution in [0.1, 0.15) is 11.1 Å². The van der Waals surface area contributed by atoms with E-state index < -0.39 is 0 Å². The van der Waals surface area contributed by atoms with Gasteiger partial charge in [0.25, 0.3) is 0 Å². The number of para-hydroxylation sites is 1. The molecule has 23 heavy (non-hydrogen) atoms. The van der Waals surface area contributed by atoms with Gasteiger partial charge >= 0.3 is 0 Å². The van der Waals surface area contributed by atoms with Crippen LogP contribution >= 0.6 is 0 Å². The maximum absolute atomic E-state index is 3.62. The van der Waals surface area contributed by atoms with E-state index >= 15 is 0 Å². The molecule has 3 aromatic carbocycles. The molecule has 2 N–H and O–H groups in total. The van der Waals surface area contributed by atoms with E-state index in [9.17, 15) is 0 Å². The minimum absolute atomic E-state index is 1.17. The van der Waals surface area contributed by atoms with E-state index in [2.05, 4.69) is 78.4 Å². The summed E-state index contributed by atoms with van der Waals surface area (Å²) in [6.07, 6.45) is 0. The first-order chi connectivity index (χ1) is 11.2. The molecule has 2 heterocycles. The first kappa shape index (κ1) is 12.7. The van der Waals surface area contributed by atoms with Gasteiger partial charge in [-0.05, 0) is 55.3 Å². The zero-order valence-corrected chi connectivity index (χ0v) is 13.2. The van der Waals surface area contributed by atoms with Gasteiger partial charge in [-0.25, -0.2) is 4.98 Å². The van der Waals surface area contributed by atoms with Crippen molar-refractivity contribution in [1.29, 1.82) is 0 Å². The van der Waals surface area contributed by atoms with Crippen LogP contribution < -0.4 is 4.98 Å². The third-order valence-corrected chi connectivity index (χ3v) is 4.95. The number of hydrogen-bond acceptors (Lipinski definition) is 0. The molecule has 0 amide bonds. The van der Waals surface area contributed by atoms with E-state index in [4.69, 9.17) is 0 Å². The van der Waals surface area contributed by atoms with E-state index in [1.807, 2.05) is 0 Å². The van der Waals surface area contributed by atoms with E-state index in [0.717, 1.165) is 0 Å². The summed E-state index contributed by atoms with van der Waals surface area (Å²) in [5, 5.41) is 5.05. The lowest BCUT2D eigenvalue weighted by atomic mass is 10.0. The quantitative estimate of drug-likeness (QED) is 0.387. The Morgan fingerprint density at radius 2 is 1.61 bits per heavy atom. The number of pyridine rings is 1. The number of fused-ring (bicyclic) bond motifs is 6. The topological polar surface area (TPSA) is 29.9 Å². The molecule has 0 fully saturated rings. The van der Waals surface area contributed by atoms with E-state index in [1.54, 1.807) is 0 Å². The van der Waals surface area contributed by atoms with E-state index in [0.29, 0.717) is 0 Å². The van der Waals surface area contributed by atoms with Crippen LogP contribution in [-0.4, -0.2) is 4.98 Å². The highest BCUT2D eigenvalue weighted by atomic mass is 14.8. The highest BCUT2D eigenvalue weighted by Crippen LogP contribution is 2.31. The van der Waals surface area contributed by atoms with Gasteiger partial charge in [0.2, 0.25) is 11.0 Å². The predicted octanol–water partition coefficient (Wildman–Crippen LogP) is 5.06. The number of benzene rings is 3. The van der Waals surface area contributed by atoms with Crippen molar-refractivity contribution in [3.8, 4) is 0 Å². The molecule has 110 valence electrons. The molecular weight excluding hydrogens is 280 g/mol. The van der Waals surface area contributed by atoms with Gasteiger partial charge in [0.15, 0.2) is 0 Å². The molecule has 2 aromatic heterocycles. The third kappa shape index (κ3) is 1.72. The van der Waals surface area contributed by atoms with Crippen molar-refractivity contribution in [3.05, 3.63) is 65.7 Å². The normalized spacial score (nSPS) is 11.9. The molecule has 0 unspecified atom stereocenters. The Morgan fingerprint density at radius 1 is 0.783 bits per heavy atom. The molecule has 0 aliphatic carbocycles. The Labute approximate surface area is 133 Å². The molecule has 0 saturated heterocycles. The molecule has 0 aliphatic heterocycles. The molecule has 0 aliphatic rings. The first-order valence-electron chi connectivity index (χ1n) is 7.97. The maximum Gasteiger partial charge on any atom is 0.235 e. The summed E-state index contributed by atoms with van der Waals surface area (Å²) in [6, 6.07) is 19.7. The van der Waals surface area contributed by atoms with Crippen molar-refractivity contribution in [2.75, 3.05) is 0 Å². The second kappa shape index (κ2) is 4.32. The molecular formula is C21H17N2+. The molecule has 2 heteroatoms. The molecule has 0 bridgehead atoms. The van der Waals surface area contributed by atoms with Crippen LogP contribution in [-0.2, 0) is 0 Å². The molecule has 2 nitrogen and oxygen atoms in total. The number of aryl methyl sites for hydroxylation is 2. The monoisotopic (exact) mass is 297 g/mol. The van der Waals surface area contributed by atoms with Crippen LogP contribution in [0.4, 0.5) is 0 Å². The van der Waals surface area contributed by atoms with Crippen LogP contribution in [0.2, 0.25) is 0 Å². The van der Waals surface area contributed by atoms with Crippen molar-refractivity contribution in [3.63, 3.8) is 0 Å². The first-order valence-corrected chi connectivity index (χ1v) is 7.97. The smallest absolute Gasteiger partial charge is 0.235 e. The van der Waals surface area contributed by atoms with E-state index in [-0.39, 0.29) is 0 Å². The van der Waals surface area contributed by atoms with Crippen molar-refractivity contribution in [1.82, 2.24) is 4.98 Å². The number of hydrogen-bond donors (Lipinski definition) is 1. The lowest BCUT2D eigenvalue weighted by Crippen LogP contribution is -2.05. The third-order valence-electron chi connectivity index (χ3n) is 4.95. The van der Waals surface area contributed by atoms with Crippen LogP contribution in [0.15, 0.2) is 54.6 Å². The van der Waals surface area contributed by atoms with Crippen molar-refractivity contribution < 1.29 is 4.98 Å². The Bertz CT molecular complexity index is 1230. The zero-order valence-electron chi connectivity index (χ0n) is 13.2. The van der Waals surface area contributed by atoms with Gasteiger partial charge < -0.3 is 4.98 Å². The van der Waals surface area contributed by atoms with Gasteiger partial charge in [-0.15, -0.1) is 0 Å². The SMILES string of the molecule is Cc1cc2[nH]c3c(ccc4cc5ccccc5[nH+]c43)c2cc1C. The number of aromatic amines is 2. The van der Waals surface area contributed by atoms with Gasteiger partial charge in [-0.1, -0.05) is 18.2 Å². The van der Waals surface area contributed by atoms with Crippen molar-refractivity contribution >= 4 is 43.6 Å². The van der Waals surface area contributed by atoms with Crippen molar-refractivity contribution in [2.24, 2.45) is 0 Å². The molecule has 0 atom stereocenters. The summed E-state index contributed by atoms with van der Waals surface area (Å²) < 4.78 is 0. The molecule has 0 spiro atoms. The second-order valence-electron chi connectivity index (χ2n) is 6.42. The highest BCUT2D eigenvalue weighted by Gasteiger charge is 2.14.